The lowest BCUT2D eigenvalue weighted by Gasteiger charge is -2.08. The van der Waals surface area contributed by atoms with Crippen LogP contribution in [0, 0.1) is 11.7 Å². The van der Waals surface area contributed by atoms with Gasteiger partial charge in [0, 0.05) is 18.5 Å². The Morgan fingerprint density at radius 3 is 2.95 bits per heavy atom. The van der Waals surface area contributed by atoms with Crippen LogP contribution in [0.2, 0.25) is 0 Å². The van der Waals surface area contributed by atoms with Crippen molar-refractivity contribution in [2.75, 3.05) is 7.11 Å². The number of pyridine rings is 1. The molecule has 0 aliphatic heterocycles. The van der Waals surface area contributed by atoms with E-state index in [0.29, 0.717) is 4.77 Å². The summed E-state index contributed by atoms with van der Waals surface area (Å²) < 4.78 is 8.08. The molecule has 1 aromatic carbocycles. The van der Waals surface area contributed by atoms with Gasteiger partial charge in [-0.3, -0.25) is 4.98 Å². The van der Waals surface area contributed by atoms with Gasteiger partial charge in [0.15, 0.2) is 4.77 Å². The van der Waals surface area contributed by atoms with Crippen molar-refractivity contribution in [1.29, 1.82) is 0 Å². The van der Waals surface area contributed by atoms with Crippen LogP contribution in [0.5, 0.6) is 5.75 Å². The topological polar surface area (TPSA) is 42.8 Å². The van der Waals surface area contributed by atoms with Crippen LogP contribution in [-0.2, 0) is 6.54 Å². The summed E-state index contributed by atoms with van der Waals surface area (Å²) in [5.74, 6) is 0.826. The van der Waals surface area contributed by atoms with E-state index < -0.39 is 0 Å². The average Bonchev–Trinajstić information content (AvgIpc) is 2.77. The molecule has 4 nitrogen and oxygen atoms in total. The first-order valence-electron chi connectivity index (χ1n) is 6.35. The average molecular weight is 285 g/mol. The zero-order valence-electron chi connectivity index (χ0n) is 11.4. The summed E-state index contributed by atoms with van der Waals surface area (Å²) in [6.07, 6.45) is 3.68. The fraction of sp³-hybridized carbons (Fsp3) is 0.200. The highest BCUT2D eigenvalue weighted by molar-refractivity contribution is 7.71. The van der Waals surface area contributed by atoms with Crippen LogP contribution in [0.3, 0.4) is 0 Å². The Balaban J connectivity index is 2.13. The number of benzene rings is 1. The molecule has 3 aromatic rings. The number of hydrogen-bond acceptors (Lipinski definition) is 3. The predicted octanol–water partition coefficient (Wildman–Crippen LogP) is 3.46. The molecule has 5 heteroatoms. The number of nitrogens with zero attached hydrogens (tertiary/aromatic N) is 2. The molecule has 102 valence electrons. The van der Waals surface area contributed by atoms with Gasteiger partial charge in [0.25, 0.3) is 0 Å². The molecule has 2 heterocycles. The van der Waals surface area contributed by atoms with E-state index in [2.05, 4.69) is 21.5 Å². The number of fused-ring (bicyclic) bond motifs is 1. The molecule has 0 saturated heterocycles. The Hall–Kier alpha value is -2.14. The number of rotatable bonds is 3. The molecule has 0 saturated carbocycles. The van der Waals surface area contributed by atoms with Crippen LogP contribution < -0.4 is 4.74 Å². The molecule has 0 fully saturated rings. The third kappa shape index (κ3) is 2.20. The zero-order valence-corrected chi connectivity index (χ0v) is 12.2. The zero-order chi connectivity index (χ0) is 14.1. The number of ether oxygens (including phenoxy) is 1. The van der Waals surface area contributed by atoms with Gasteiger partial charge in [-0.05, 0) is 48.5 Å². The fourth-order valence-electron chi connectivity index (χ4n) is 2.27. The highest BCUT2D eigenvalue weighted by Gasteiger charge is 2.07. The Kier molecular flexibility index (Phi) is 3.28. The Labute approximate surface area is 122 Å². The fourth-order valence-corrected chi connectivity index (χ4v) is 2.54. The summed E-state index contributed by atoms with van der Waals surface area (Å²) in [6.45, 7) is 2.78. The quantitative estimate of drug-likeness (QED) is 0.749. The minimum absolute atomic E-state index is 0.712. The van der Waals surface area contributed by atoms with Crippen molar-refractivity contribution in [2.24, 2.45) is 0 Å². The molecule has 0 spiro atoms. The van der Waals surface area contributed by atoms with Crippen molar-refractivity contribution < 1.29 is 4.74 Å². The maximum Gasteiger partial charge on any atom is 0.178 e. The van der Waals surface area contributed by atoms with Gasteiger partial charge < -0.3 is 14.3 Å². The van der Waals surface area contributed by atoms with E-state index in [9.17, 15) is 0 Å². The molecule has 0 atom stereocenters. The third-order valence-electron chi connectivity index (χ3n) is 3.45. The van der Waals surface area contributed by atoms with Gasteiger partial charge in [-0.1, -0.05) is 0 Å². The number of methoxy groups -OCH3 is 1. The van der Waals surface area contributed by atoms with Crippen LogP contribution in [0.4, 0.5) is 0 Å². The smallest absolute Gasteiger partial charge is 0.178 e. The number of aromatic amines is 1. The maximum atomic E-state index is 5.43. The molecule has 0 radical (unpaired) electrons. The van der Waals surface area contributed by atoms with E-state index in [0.717, 1.165) is 28.9 Å². The van der Waals surface area contributed by atoms with Crippen molar-refractivity contribution >= 4 is 23.3 Å². The molecule has 2 aromatic heterocycles. The summed E-state index contributed by atoms with van der Waals surface area (Å²) in [5.41, 5.74) is 4.43. The minimum Gasteiger partial charge on any atom is -0.497 e. The standard InChI is InChI=1S/C15H15N3OS/c1-10-8-16-6-5-11(10)9-18-14-7-12(19-2)3-4-13(14)17-15(18)20/h3-8H,9H2,1-2H3,(H,17,20). The molecule has 0 bridgehead atoms. The van der Waals surface area contributed by atoms with Crippen molar-refractivity contribution in [2.45, 2.75) is 13.5 Å². The number of H-pyrrole nitrogens is 1. The first-order valence-corrected chi connectivity index (χ1v) is 6.76. The van der Waals surface area contributed by atoms with Gasteiger partial charge in [-0.15, -0.1) is 0 Å². The van der Waals surface area contributed by atoms with E-state index >= 15 is 0 Å². The van der Waals surface area contributed by atoms with Crippen LogP contribution in [0.15, 0.2) is 36.7 Å². The first kappa shape index (κ1) is 12.9. The molecule has 0 amide bonds. The van der Waals surface area contributed by atoms with Crippen LogP contribution in [0.25, 0.3) is 11.0 Å². The van der Waals surface area contributed by atoms with Crippen LogP contribution >= 0.6 is 12.2 Å². The highest BCUT2D eigenvalue weighted by atomic mass is 32.1. The van der Waals surface area contributed by atoms with Gasteiger partial charge in [0.1, 0.15) is 5.75 Å². The van der Waals surface area contributed by atoms with E-state index in [1.807, 2.05) is 30.5 Å². The largest absolute Gasteiger partial charge is 0.497 e. The Morgan fingerprint density at radius 1 is 1.35 bits per heavy atom. The number of aromatic nitrogens is 3. The molecule has 3 rings (SSSR count). The summed E-state index contributed by atoms with van der Waals surface area (Å²) in [7, 11) is 1.67. The predicted molar refractivity (Wildman–Crippen MR) is 81.8 cm³/mol. The molecular formula is C15H15N3OS. The monoisotopic (exact) mass is 285 g/mol. The van der Waals surface area contributed by atoms with Gasteiger partial charge in [-0.2, -0.15) is 0 Å². The van der Waals surface area contributed by atoms with Crippen molar-refractivity contribution in [3.63, 3.8) is 0 Å². The lowest BCUT2D eigenvalue weighted by atomic mass is 10.1. The minimum atomic E-state index is 0.712. The van der Waals surface area contributed by atoms with Crippen LogP contribution in [-0.4, -0.2) is 21.6 Å². The third-order valence-corrected chi connectivity index (χ3v) is 3.77. The van der Waals surface area contributed by atoms with Crippen molar-refractivity contribution in [1.82, 2.24) is 14.5 Å². The first-order chi connectivity index (χ1) is 9.69. The highest BCUT2D eigenvalue weighted by Crippen LogP contribution is 2.22. The summed E-state index contributed by atoms with van der Waals surface area (Å²) in [5, 5.41) is 0. The van der Waals surface area contributed by atoms with Gasteiger partial charge >= 0.3 is 0 Å². The SMILES string of the molecule is COc1ccc2[nH]c(=S)n(Cc3ccncc3C)c2c1. The van der Waals surface area contributed by atoms with Gasteiger partial charge in [0.2, 0.25) is 0 Å². The van der Waals surface area contributed by atoms with E-state index in [1.54, 1.807) is 13.3 Å². The van der Waals surface area contributed by atoms with Crippen LogP contribution in [0.1, 0.15) is 11.1 Å². The van der Waals surface area contributed by atoms with E-state index in [1.165, 1.54) is 5.56 Å². The Morgan fingerprint density at radius 2 is 2.20 bits per heavy atom. The van der Waals surface area contributed by atoms with E-state index in [-0.39, 0.29) is 0 Å². The lowest BCUT2D eigenvalue weighted by Crippen LogP contribution is -2.02. The summed E-state index contributed by atoms with van der Waals surface area (Å²) in [4.78, 5) is 7.35. The van der Waals surface area contributed by atoms with Gasteiger partial charge in [-0.25, -0.2) is 0 Å². The van der Waals surface area contributed by atoms with Gasteiger partial charge in [0.05, 0.1) is 24.7 Å². The molecule has 20 heavy (non-hydrogen) atoms. The number of hydrogen-bond donors (Lipinski definition) is 1. The maximum absolute atomic E-state index is 5.43. The molecular weight excluding hydrogens is 270 g/mol. The second kappa shape index (κ2) is 5.09. The number of imidazole rings is 1. The summed E-state index contributed by atoms with van der Waals surface area (Å²) in [6, 6.07) is 7.93. The van der Waals surface area contributed by atoms with Crippen molar-refractivity contribution in [3.8, 4) is 5.75 Å². The summed E-state index contributed by atoms with van der Waals surface area (Å²) >= 11 is 5.43. The Bertz CT molecular complexity index is 819. The number of nitrogens with one attached hydrogen (secondary N) is 1. The second-order valence-electron chi connectivity index (χ2n) is 4.70. The van der Waals surface area contributed by atoms with E-state index in [4.69, 9.17) is 17.0 Å². The molecule has 0 unspecified atom stereocenters. The second-order valence-corrected chi connectivity index (χ2v) is 5.09. The molecule has 0 aliphatic carbocycles. The van der Waals surface area contributed by atoms with Crippen molar-refractivity contribution in [3.05, 3.63) is 52.6 Å². The molecule has 0 aliphatic rings. The normalized spacial score (nSPS) is 10.9. The number of aryl methyl sites for hydroxylation is 1. The molecule has 1 N–H and O–H groups in total. The lowest BCUT2D eigenvalue weighted by molar-refractivity contribution is 0.415.